The molecule has 0 bridgehead atoms. The van der Waals surface area contributed by atoms with Crippen molar-refractivity contribution in [2.45, 2.75) is 12.5 Å². The summed E-state index contributed by atoms with van der Waals surface area (Å²) in [5, 5.41) is 19.8. The molecular weight excluding hydrogens is 262 g/mol. The van der Waals surface area contributed by atoms with Gasteiger partial charge >= 0.3 is 11.9 Å². The van der Waals surface area contributed by atoms with Crippen LogP contribution in [0.1, 0.15) is 16.8 Å². The Balaban J connectivity index is 2.75. The van der Waals surface area contributed by atoms with E-state index in [1.54, 1.807) is 0 Å². The molecule has 0 fully saturated rings. The molecule has 0 aromatic heterocycles. The van der Waals surface area contributed by atoms with Gasteiger partial charge in [0.2, 0.25) is 0 Å². The van der Waals surface area contributed by atoms with Gasteiger partial charge in [0.15, 0.2) is 0 Å². The molecule has 7 heteroatoms. The van der Waals surface area contributed by atoms with Gasteiger partial charge in [-0.3, -0.25) is 9.59 Å². The van der Waals surface area contributed by atoms with Gasteiger partial charge in [0.25, 0.3) is 5.91 Å². The molecule has 0 radical (unpaired) electrons. The fourth-order valence-corrected chi connectivity index (χ4v) is 1.34. The highest BCUT2D eigenvalue weighted by Crippen LogP contribution is 2.09. The number of carbonyl (C=O) groups is 3. The lowest BCUT2D eigenvalue weighted by Crippen LogP contribution is -2.42. The van der Waals surface area contributed by atoms with E-state index in [1.807, 2.05) is 0 Å². The SMILES string of the molecule is O=C(O)C[C@H](NC(=O)c1ccc(Cl)cc1)C(=O)O. The van der Waals surface area contributed by atoms with Crippen molar-refractivity contribution in [1.82, 2.24) is 5.32 Å². The van der Waals surface area contributed by atoms with Crippen molar-refractivity contribution in [2.24, 2.45) is 0 Å². The number of aliphatic carboxylic acids is 2. The Labute approximate surface area is 107 Å². The predicted octanol–water partition coefficient (Wildman–Crippen LogP) is 0.998. The van der Waals surface area contributed by atoms with Crippen LogP contribution in [0.3, 0.4) is 0 Å². The second-order valence-electron chi connectivity index (χ2n) is 3.47. The van der Waals surface area contributed by atoms with Crippen LogP contribution in [0.25, 0.3) is 0 Å². The molecule has 1 aromatic carbocycles. The highest BCUT2D eigenvalue weighted by Gasteiger charge is 2.23. The Kier molecular flexibility index (Phi) is 4.67. The average Bonchev–Trinajstić information content (AvgIpc) is 2.28. The third kappa shape index (κ3) is 4.06. The van der Waals surface area contributed by atoms with Crippen molar-refractivity contribution in [3.8, 4) is 0 Å². The number of amides is 1. The number of nitrogens with one attached hydrogen (secondary N) is 1. The lowest BCUT2D eigenvalue weighted by molar-refractivity contribution is -0.145. The molecule has 0 aliphatic heterocycles. The van der Waals surface area contributed by atoms with Gasteiger partial charge in [0.1, 0.15) is 6.04 Å². The maximum atomic E-state index is 11.6. The molecule has 18 heavy (non-hydrogen) atoms. The molecular formula is C11H10ClNO5. The fraction of sp³-hybridized carbons (Fsp3) is 0.182. The summed E-state index contributed by atoms with van der Waals surface area (Å²) < 4.78 is 0. The van der Waals surface area contributed by atoms with Crippen molar-refractivity contribution in [2.75, 3.05) is 0 Å². The molecule has 3 N–H and O–H groups in total. The molecule has 1 aromatic rings. The molecule has 0 aliphatic carbocycles. The van der Waals surface area contributed by atoms with Crippen LogP contribution in [0, 0.1) is 0 Å². The molecule has 1 amide bonds. The maximum Gasteiger partial charge on any atom is 0.326 e. The van der Waals surface area contributed by atoms with Crippen LogP contribution in [0.4, 0.5) is 0 Å². The van der Waals surface area contributed by atoms with Crippen LogP contribution in [0.15, 0.2) is 24.3 Å². The largest absolute Gasteiger partial charge is 0.481 e. The molecule has 0 spiro atoms. The minimum absolute atomic E-state index is 0.205. The van der Waals surface area contributed by atoms with E-state index in [1.165, 1.54) is 24.3 Å². The molecule has 0 saturated carbocycles. The molecule has 0 unspecified atom stereocenters. The Morgan fingerprint density at radius 2 is 1.72 bits per heavy atom. The summed E-state index contributed by atoms with van der Waals surface area (Å²) in [6.45, 7) is 0. The Bertz CT molecular complexity index is 471. The quantitative estimate of drug-likeness (QED) is 0.741. The molecule has 96 valence electrons. The monoisotopic (exact) mass is 271 g/mol. The first-order valence-electron chi connectivity index (χ1n) is 4.91. The van der Waals surface area contributed by atoms with E-state index < -0.39 is 30.3 Å². The Morgan fingerprint density at radius 3 is 2.17 bits per heavy atom. The Hall–Kier alpha value is -2.08. The molecule has 0 heterocycles. The fourth-order valence-electron chi connectivity index (χ4n) is 1.22. The van der Waals surface area contributed by atoms with Crippen LogP contribution in [-0.4, -0.2) is 34.1 Å². The number of carboxylic acids is 2. The molecule has 0 saturated heterocycles. The topological polar surface area (TPSA) is 104 Å². The second-order valence-corrected chi connectivity index (χ2v) is 3.91. The van der Waals surface area contributed by atoms with E-state index in [0.717, 1.165) is 0 Å². The lowest BCUT2D eigenvalue weighted by Gasteiger charge is -2.12. The van der Waals surface area contributed by atoms with Crippen LogP contribution in [-0.2, 0) is 9.59 Å². The third-order valence-electron chi connectivity index (χ3n) is 2.09. The smallest absolute Gasteiger partial charge is 0.326 e. The zero-order chi connectivity index (χ0) is 13.7. The van der Waals surface area contributed by atoms with E-state index in [9.17, 15) is 14.4 Å². The molecule has 1 atom stereocenters. The predicted molar refractivity (Wildman–Crippen MR) is 62.6 cm³/mol. The highest BCUT2D eigenvalue weighted by molar-refractivity contribution is 6.30. The zero-order valence-corrected chi connectivity index (χ0v) is 9.85. The normalized spacial score (nSPS) is 11.6. The van der Waals surface area contributed by atoms with Crippen molar-refractivity contribution in [3.63, 3.8) is 0 Å². The van der Waals surface area contributed by atoms with Gasteiger partial charge in [-0.25, -0.2) is 4.79 Å². The van der Waals surface area contributed by atoms with E-state index in [4.69, 9.17) is 21.8 Å². The first kappa shape index (κ1) is 14.0. The average molecular weight is 272 g/mol. The van der Waals surface area contributed by atoms with Crippen molar-refractivity contribution >= 4 is 29.4 Å². The minimum atomic E-state index is -1.47. The van der Waals surface area contributed by atoms with E-state index in [-0.39, 0.29) is 5.56 Å². The van der Waals surface area contributed by atoms with Crippen molar-refractivity contribution < 1.29 is 24.6 Å². The summed E-state index contributed by atoms with van der Waals surface area (Å²) in [4.78, 5) is 32.8. The first-order valence-corrected chi connectivity index (χ1v) is 5.29. The summed E-state index contributed by atoms with van der Waals surface area (Å²) in [6.07, 6.45) is -0.686. The number of rotatable bonds is 5. The van der Waals surface area contributed by atoms with Gasteiger partial charge in [-0.15, -0.1) is 0 Å². The van der Waals surface area contributed by atoms with Crippen LogP contribution >= 0.6 is 11.6 Å². The van der Waals surface area contributed by atoms with Crippen LogP contribution in [0.2, 0.25) is 5.02 Å². The van der Waals surface area contributed by atoms with Crippen molar-refractivity contribution in [3.05, 3.63) is 34.9 Å². The number of hydrogen-bond donors (Lipinski definition) is 3. The zero-order valence-electron chi connectivity index (χ0n) is 9.09. The number of hydrogen-bond acceptors (Lipinski definition) is 3. The molecule has 6 nitrogen and oxygen atoms in total. The Morgan fingerprint density at radius 1 is 1.17 bits per heavy atom. The summed E-state index contributed by atoms with van der Waals surface area (Å²) in [7, 11) is 0. The second kappa shape index (κ2) is 6.02. The summed E-state index contributed by atoms with van der Waals surface area (Å²) in [5.41, 5.74) is 0.205. The number of halogens is 1. The molecule has 0 aliphatic rings. The third-order valence-corrected chi connectivity index (χ3v) is 2.34. The van der Waals surface area contributed by atoms with E-state index in [0.29, 0.717) is 5.02 Å². The maximum absolute atomic E-state index is 11.6. The van der Waals surface area contributed by atoms with Gasteiger partial charge in [0.05, 0.1) is 6.42 Å². The summed E-state index contributed by atoms with van der Waals surface area (Å²) in [5.74, 6) is -3.38. The first-order chi connectivity index (χ1) is 8.40. The number of benzene rings is 1. The minimum Gasteiger partial charge on any atom is -0.481 e. The highest BCUT2D eigenvalue weighted by atomic mass is 35.5. The van der Waals surface area contributed by atoms with Gasteiger partial charge in [-0.2, -0.15) is 0 Å². The van der Waals surface area contributed by atoms with Crippen molar-refractivity contribution in [1.29, 1.82) is 0 Å². The van der Waals surface area contributed by atoms with Crippen LogP contribution in [0.5, 0.6) is 0 Å². The van der Waals surface area contributed by atoms with Gasteiger partial charge in [-0.05, 0) is 24.3 Å². The van der Waals surface area contributed by atoms with Gasteiger partial charge in [0, 0.05) is 10.6 Å². The summed E-state index contributed by atoms with van der Waals surface area (Å²) in [6, 6.07) is 4.31. The number of carbonyl (C=O) groups excluding carboxylic acids is 1. The summed E-state index contributed by atoms with van der Waals surface area (Å²) >= 11 is 5.64. The van der Waals surface area contributed by atoms with Gasteiger partial charge < -0.3 is 15.5 Å². The van der Waals surface area contributed by atoms with Gasteiger partial charge in [-0.1, -0.05) is 11.6 Å². The van der Waals surface area contributed by atoms with Crippen LogP contribution < -0.4 is 5.32 Å². The molecule has 1 rings (SSSR count). The van der Waals surface area contributed by atoms with E-state index >= 15 is 0 Å². The van der Waals surface area contributed by atoms with E-state index in [2.05, 4.69) is 5.32 Å². The standard InChI is InChI=1S/C11H10ClNO5/c12-7-3-1-6(2-4-7)10(16)13-8(11(17)18)5-9(14)15/h1-4,8H,5H2,(H,13,16)(H,14,15)(H,17,18)/t8-/m0/s1. The lowest BCUT2D eigenvalue weighted by atomic mass is 10.1. The number of carboxylic acid groups (broad SMARTS) is 2.